The number of aryl methyl sites for hydroxylation is 1. The van der Waals surface area contributed by atoms with Crippen molar-refractivity contribution in [2.24, 2.45) is 0 Å². The Bertz CT molecular complexity index is 655. The molecule has 0 bridgehead atoms. The molecule has 1 aliphatic heterocycles. The number of carbonyl (C=O) groups is 1. The molecule has 1 aliphatic rings. The molecule has 1 saturated heterocycles. The van der Waals surface area contributed by atoms with Gasteiger partial charge in [0.15, 0.2) is 5.69 Å². The highest BCUT2D eigenvalue weighted by Gasteiger charge is 2.27. The second-order valence-electron chi connectivity index (χ2n) is 5.35. The lowest BCUT2D eigenvalue weighted by Gasteiger charge is -2.33. The van der Waals surface area contributed by atoms with Crippen LogP contribution in [0.3, 0.4) is 0 Å². The molecule has 1 aromatic heterocycles. The molecule has 6 heteroatoms. The molecule has 1 N–H and O–H groups in total. The zero-order valence-corrected chi connectivity index (χ0v) is 13.3. The van der Waals surface area contributed by atoms with Gasteiger partial charge < -0.3 is 10.2 Å². The van der Waals surface area contributed by atoms with Gasteiger partial charge in [-0.25, -0.2) is 0 Å². The number of nitrogens with zero attached hydrogens (tertiary/aromatic N) is 3. The third-order valence-electron chi connectivity index (χ3n) is 3.91. The second-order valence-corrected chi connectivity index (χ2v) is 5.76. The summed E-state index contributed by atoms with van der Waals surface area (Å²) in [7, 11) is 0. The number of hydrogen-bond donors (Lipinski definition) is 1. The van der Waals surface area contributed by atoms with E-state index in [4.69, 9.17) is 11.6 Å². The SMILES string of the molecule is CCn1cc(Cl)c(C(=O)N2CCNC(c3ccccc3)C2)n1. The Morgan fingerprint density at radius 3 is 2.86 bits per heavy atom. The van der Waals surface area contributed by atoms with E-state index in [0.717, 1.165) is 6.54 Å². The molecule has 1 amide bonds. The summed E-state index contributed by atoms with van der Waals surface area (Å²) in [5.74, 6) is -0.0976. The number of carbonyl (C=O) groups excluding carboxylic acids is 1. The minimum atomic E-state index is -0.0976. The van der Waals surface area contributed by atoms with Gasteiger partial charge in [-0.15, -0.1) is 0 Å². The van der Waals surface area contributed by atoms with Gasteiger partial charge in [-0.05, 0) is 12.5 Å². The van der Waals surface area contributed by atoms with Crippen molar-refractivity contribution < 1.29 is 4.79 Å². The fourth-order valence-corrected chi connectivity index (χ4v) is 2.93. The summed E-state index contributed by atoms with van der Waals surface area (Å²) in [4.78, 5) is 14.5. The Hall–Kier alpha value is -1.85. The van der Waals surface area contributed by atoms with Gasteiger partial charge in [-0.3, -0.25) is 9.48 Å². The summed E-state index contributed by atoms with van der Waals surface area (Å²) in [5, 5.41) is 8.14. The first-order valence-electron chi connectivity index (χ1n) is 7.49. The average Bonchev–Trinajstić information content (AvgIpc) is 2.96. The fourth-order valence-electron chi connectivity index (χ4n) is 2.70. The van der Waals surface area contributed by atoms with E-state index < -0.39 is 0 Å². The Balaban J connectivity index is 1.76. The lowest BCUT2D eigenvalue weighted by atomic mass is 10.0. The van der Waals surface area contributed by atoms with E-state index in [0.29, 0.717) is 30.4 Å². The number of rotatable bonds is 3. The van der Waals surface area contributed by atoms with Crippen LogP contribution in [0.5, 0.6) is 0 Å². The Morgan fingerprint density at radius 1 is 1.41 bits per heavy atom. The third kappa shape index (κ3) is 3.00. The molecule has 0 saturated carbocycles. The standard InChI is InChI=1S/C16H19ClN4O/c1-2-21-10-13(17)15(19-21)16(22)20-9-8-18-14(11-20)12-6-4-3-5-7-12/h3-7,10,14,18H,2,8-9,11H2,1H3. The molecule has 2 heterocycles. The average molecular weight is 319 g/mol. The maximum atomic E-state index is 12.7. The molecular formula is C16H19ClN4O. The minimum Gasteiger partial charge on any atom is -0.334 e. The number of amides is 1. The first-order valence-corrected chi connectivity index (χ1v) is 7.87. The van der Waals surface area contributed by atoms with Crippen LogP contribution < -0.4 is 5.32 Å². The topological polar surface area (TPSA) is 50.2 Å². The van der Waals surface area contributed by atoms with Crippen molar-refractivity contribution in [3.05, 3.63) is 52.8 Å². The van der Waals surface area contributed by atoms with Crippen molar-refractivity contribution in [3.63, 3.8) is 0 Å². The van der Waals surface area contributed by atoms with Gasteiger partial charge in [-0.1, -0.05) is 41.9 Å². The van der Waals surface area contributed by atoms with Crippen LogP contribution in [0.15, 0.2) is 36.5 Å². The number of aromatic nitrogens is 2. The van der Waals surface area contributed by atoms with Crippen LogP contribution >= 0.6 is 11.6 Å². The molecule has 1 fully saturated rings. The fraction of sp³-hybridized carbons (Fsp3) is 0.375. The van der Waals surface area contributed by atoms with Crippen LogP contribution in [-0.2, 0) is 6.54 Å². The van der Waals surface area contributed by atoms with Crippen molar-refractivity contribution in [3.8, 4) is 0 Å². The molecule has 0 radical (unpaired) electrons. The lowest BCUT2D eigenvalue weighted by molar-refractivity contribution is 0.0696. The summed E-state index contributed by atoms with van der Waals surface area (Å²) in [5.41, 5.74) is 1.53. The number of benzene rings is 1. The van der Waals surface area contributed by atoms with E-state index >= 15 is 0 Å². The van der Waals surface area contributed by atoms with Gasteiger partial charge in [-0.2, -0.15) is 5.10 Å². The van der Waals surface area contributed by atoms with Crippen LogP contribution in [0.4, 0.5) is 0 Å². The zero-order valence-electron chi connectivity index (χ0n) is 12.5. The molecule has 0 aliphatic carbocycles. The largest absolute Gasteiger partial charge is 0.334 e. The van der Waals surface area contributed by atoms with Gasteiger partial charge in [0.2, 0.25) is 0 Å². The molecular weight excluding hydrogens is 300 g/mol. The molecule has 1 unspecified atom stereocenters. The minimum absolute atomic E-state index is 0.0976. The summed E-state index contributed by atoms with van der Waals surface area (Å²) < 4.78 is 1.69. The molecule has 2 aromatic rings. The third-order valence-corrected chi connectivity index (χ3v) is 4.18. The Kier molecular flexibility index (Phi) is 4.45. The zero-order chi connectivity index (χ0) is 15.5. The highest BCUT2D eigenvalue weighted by molar-refractivity contribution is 6.33. The van der Waals surface area contributed by atoms with Gasteiger partial charge >= 0.3 is 0 Å². The number of nitrogens with one attached hydrogen (secondary N) is 1. The first kappa shape index (κ1) is 15.1. The van der Waals surface area contributed by atoms with Crippen LogP contribution in [0, 0.1) is 0 Å². The maximum absolute atomic E-state index is 12.7. The van der Waals surface area contributed by atoms with Crippen molar-refractivity contribution in [1.82, 2.24) is 20.0 Å². The summed E-state index contributed by atoms with van der Waals surface area (Å²) in [6.45, 7) is 4.71. The molecule has 1 aromatic carbocycles. The molecule has 22 heavy (non-hydrogen) atoms. The Labute approximate surface area is 134 Å². The quantitative estimate of drug-likeness (QED) is 0.945. The Morgan fingerprint density at radius 2 is 2.18 bits per heavy atom. The molecule has 3 rings (SSSR count). The molecule has 1 atom stereocenters. The van der Waals surface area contributed by atoms with Crippen molar-refractivity contribution in [2.75, 3.05) is 19.6 Å². The van der Waals surface area contributed by atoms with E-state index in [-0.39, 0.29) is 11.9 Å². The second kappa shape index (κ2) is 6.50. The van der Waals surface area contributed by atoms with Gasteiger partial charge in [0.05, 0.1) is 5.02 Å². The van der Waals surface area contributed by atoms with Gasteiger partial charge in [0.1, 0.15) is 0 Å². The van der Waals surface area contributed by atoms with E-state index in [1.54, 1.807) is 10.9 Å². The van der Waals surface area contributed by atoms with E-state index in [1.165, 1.54) is 5.56 Å². The maximum Gasteiger partial charge on any atom is 0.276 e. The number of hydrogen-bond acceptors (Lipinski definition) is 3. The van der Waals surface area contributed by atoms with E-state index in [9.17, 15) is 4.79 Å². The van der Waals surface area contributed by atoms with E-state index in [2.05, 4.69) is 22.5 Å². The highest BCUT2D eigenvalue weighted by atomic mass is 35.5. The summed E-state index contributed by atoms with van der Waals surface area (Å²) >= 11 is 6.14. The molecule has 0 spiro atoms. The predicted octanol–water partition coefficient (Wildman–Crippen LogP) is 2.34. The summed E-state index contributed by atoms with van der Waals surface area (Å²) in [6, 6.07) is 10.3. The molecule has 5 nitrogen and oxygen atoms in total. The first-order chi connectivity index (χ1) is 10.7. The predicted molar refractivity (Wildman–Crippen MR) is 86.0 cm³/mol. The smallest absolute Gasteiger partial charge is 0.276 e. The van der Waals surface area contributed by atoms with Crippen LogP contribution in [0.25, 0.3) is 0 Å². The lowest BCUT2D eigenvalue weighted by Crippen LogP contribution is -2.48. The monoisotopic (exact) mass is 318 g/mol. The molecule has 116 valence electrons. The number of halogens is 1. The van der Waals surface area contributed by atoms with Gasteiger partial charge in [0, 0.05) is 38.4 Å². The van der Waals surface area contributed by atoms with Crippen LogP contribution in [-0.4, -0.2) is 40.2 Å². The van der Waals surface area contributed by atoms with Crippen LogP contribution in [0.2, 0.25) is 5.02 Å². The van der Waals surface area contributed by atoms with Gasteiger partial charge in [0.25, 0.3) is 5.91 Å². The van der Waals surface area contributed by atoms with Crippen molar-refractivity contribution in [2.45, 2.75) is 19.5 Å². The van der Waals surface area contributed by atoms with Crippen molar-refractivity contribution in [1.29, 1.82) is 0 Å². The van der Waals surface area contributed by atoms with Crippen LogP contribution in [0.1, 0.15) is 29.0 Å². The number of piperazine rings is 1. The van der Waals surface area contributed by atoms with E-state index in [1.807, 2.05) is 30.0 Å². The normalized spacial score (nSPS) is 18.5. The highest BCUT2D eigenvalue weighted by Crippen LogP contribution is 2.21. The van der Waals surface area contributed by atoms with Crippen molar-refractivity contribution >= 4 is 17.5 Å². The summed E-state index contributed by atoms with van der Waals surface area (Å²) in [6.07, 6.45) is 1.70.